The van der Waals surface area contributed by atoms with Gasteiger partial charge in [0, 0.05) is 13.7 Å². The van der Waals surface area contributed by atoms with E-state index in [2.05, 4.69) is 11.4 Å². The van der Waals surface area contributed by atoms with E-state index in [1.54, 1.807) is 25.3 Å². The van der Waals surface area contributed by atoms with Gasteiger partial charge in [0.1, 0.15) is 17.9 Å². The van der Waals surface area contributed by atoms with E-state index in [1.807, 2.05) is 6.07 Å². The molecular weight excluding hydrogens is 230 g/mol. The first-order valence-electron chi connectivity index (χ1n) is 5.46. The second kappa shape index (κ2) is 7.29. The van der Waals surface area contributed by atoms with Gasteiger partial charge in [-0.05, 0) is 17.7 Å². The number of ether oxygens (including phenoxy) is 2. The fourth-order valence-corrected chi connectivity index (χ4v) is 1.54. The van der Waals surface area contributed by atoms with Crippen LogP contribution in [0.2, 0.25) is 0 Å². The standard InChI is InChI=1S/C13H15N3O2/c1-17-6-5-16-12(9-15)10-3-4-13(18-2)11(7-10)8-14/h3-4,7,12,16H,5-6H2,1-2H3. The van der Waals surface area contributed by atoms with Crippen LogP contribution in [0.4, 0.5) is 0 Å². The maximum Gasteiger partial charge on any atom is 0.136 e. The number of nitrogens with zero attached hydrogens (tertiary/aromatic N) is 2. The maximum absolute atomic E-state index is 9.10. The van der Waals surface area contributed by atoms with Gasteiger partial charge in [-0.3, -0.25) is 5.32 Å². The van der Waals surface area contributed by atoms with Crippen molar-refractivity contribution < 1.29 is 9.47 Å². The molecule has 1 aromatic carbocycles. The highest BCUT2D eigenvalue weighted by molar-refractivity contribution is 5.46. The number of nitriles is 2. The molecule has 1 unspecified atom stereocenters. The van der Waals surface area contributed by atoms with Gasteiger partial charge in [0.05, 0.1) is 25.3 Å². The van der Waals surface area contributed by atoms with Crippen molar-refractivity contribution in [3.8, 4) is 17.9 Å². The smallest absolute Gasteiger partial charge is 0.136 e. The van der Waals surface area contributed by atoms with Gasteiger partial charge in [0.15, 0.2) is 0 Å². The molecule has 18 heavy (non-hydrogen) atoms. The summed E-state index contributed by atoms with van der Waals surface area (Å²) in [6.07, 6.45) is 0. The molecule has 1 aromatic rings. The molecule has 0 radical (unpaired) electrons. The van der Waals surface area contributed by atoms with Crippen LogP contribution in [0.5, 0.6) is 5.75 Å². The zero-order valence-corrected chi connectivity index (χ0v) is 10.4. The van der Waals surface area contributed by atoms with Gasteiger partial charge in [-0.25, -0.2) is 0 Å². The molecule has 94 valence electrons. The van der Waals surface area contributed by atoms with E-state index in [9.17, 15) is 0 Å². The SMILES string of the molecule is COCCNC(C#N)c1ccc(OC)c(C#N)c1. The van der Waals surface area contributed by atoms with Gasteiger partial charge in [-0.15, -0.1) is 0 Å². The summed E-state index contributed by atoms with van der Waals surface area (Å²) in [5, 5.41) is 21.1. The van der Waals surface area contributed by atoms with E-state index < -0.39 is 6.04 Å². The molecule has 0 aliphatic carbocycles. The second-order valence-electron chi connectivity index (χ2n) is 3.58. The lowest BCUT2D eigenvalue weighted by Crippen LogP contribution is -2.24. The van der Waals surface area contributed by atoms with Crippen LogP contribution in [-0.2, 0) is 4.74 Å². The number of hydrogen-bond donors (Lipinski definition) is 1. The summed E-state index contributed by atoms with van der Waals surface area (Å²) in [6, 6.07) is 8.86. The molecule has 0 spiro atoms. The minimum Gasteiger partial charge on any atom is -0.495 e. The molecule has 0 aliphatic heterocycles. The first kappa shape index (κ1) is 14.0. The monoisotopic (exact) mass is 245 g/mol. The lowest BCUT2D eigenvalue weighted by Gasteiger charge is -2.12. The van der Waals surface area contributed by atoms with E-state index in [1.165, 1.54) is 7.11 Å². The van der Waals surface area contributed by atoms with Crippen molar-refractivity contribution in [2.45, 2.75) is 6.04 Å². The van der Waals surface area contributed by atoms with E-state index in [4.69, 9.17) is 20.0 Å². The Kier molecular flexibility index (Phi) is 5.66. The van der Waals surface area contributed by atoms with Crippen LogP contribution in [0.1, 0.15) is 17.2 Å². The molecule has 0 heterocycles. The highest BCUT2D eigenvalue weighted by Crippen LogP contribution is 2.22. The van der Waals surface area contributed by atoms with Gasteiger partial charge in [0.2, 0.25) is 0 Å². The van der Waals surface area contributed by atoms with Crippen molar-refractivity contribution in [3.05, 3.63) is 29.3 Å². The van der Waals surface area contributed by atoms with Crippen molar-refractivity contribution in [3.63, 3.8) is 0 Å². The summed E-state index contributed by atoms with van der Waals surface area (Å²) < 4.78 is 9.97. The third kappa shape index (κ3) is 3.46. The maximum atomic E-state index is 9.10. The molecule has 0 aliphatic rings. The molecule has 0 aromatic heterocycles. The lowest BCUT2D eigenvalue weighted by molar-refractivity contribution is 0.198. The normalized spacial score (nSPS) is 11.3. The summed E-state index contributed by atoms with van der Waals surface area (Å²) in [7, 11) is 3.11. The summed E-state index contributed by atoms with van der Waals surface area (Å²) in [5.74, 6) is 0.509. The summed E-state index contributed by atoms with van der Waals surface area (Å²) in [6.45, 7) is 1.10. The quantitative estimate of drug-likeness (QED) is 0.766. The number of benzene rings is 1. The topological polar surface area (TPSA) is 78.1 Å². The van der Waals surface area contributed by atoms with Crippen molar-refractivity contribution in [1.82, 2.24) is 5.32 Å². The summed E-state index contributed by atoms with van der Waals surface area (Å²) >= 11 is 0. The highest BCUT2D eigenvalue weighted by Gasteiger charge is 2.12. The van der Waals surface area contributed by atoms with Crippen LogP contribution in [0, 0.1) is 22.7 Å². The predicted octanol–water partition coefficient (Wildman–Crippen LogP) is 1.37. The largest absolute Gasteiger partial charge is 0.495 e. The van der Waals surface area contributed by atoms with Crippen LogP contribution >= 0.6 is 0 Å². The van der Waals surface area contributed by atoms with E-state index >= 15 is 0 Å². The Hall–Kier alpha value is -2.08. The first-order chi connectivity index (χ1) is 8.76. The van der Waals surface area contributed by atoms with Crippen LogP contribution in [0.3, 0.4) is 0 Å². The van der Waals surface area contributed by atoms with Crippen molar-refractivity contribution >= 4 is 0 Å². The Labute approximate surface area is 107 Å². The van der Waals surface area contributed by atoms with E-state index in [0.29, 0.717) is 24.5 Å². The molecule has 1 rings (SSSR count). The third-order valence-corrected chi connectivity index (χ3v) is 2.46. The minimum atomic E-state index is -0.460. The molecule has 0 saturated carbocycles. The van der Waals surface area contributed by atoms with Crippen LogP contribution in [0.15, 0.2) is 18.2 Å². The molecule has 0 bridgehead atoms. The third-order valence-electron chi connectivity index (χ3n) is 2.46. The fourth-order valence-electron chi connectivity index (χ4n) is 1.54. The summed E-state index contributed by atoms with van der Waals surface area (Å²) in [4.78, 5) is 0. The van der Waals surface area contributed by atoms with Gasteiger partial charge in [-0.2, -0.15) is 10.5 Å². The zero-order valence-electron chi connectivity index (χ0n) is 10.4. The fraction of sp³-hybridized carbons (Fsp3) is 0.385. The first-order valence-corrected chi connectivity index (χ1v) is 5.46. The average molecular weight is 245 g/mol. The number of rotatable bonds is 6. The van der Waals surface area contributed by atoms with Gasteiger partial charge < -0.3 is 9.47 Å². The molecular formula is C13H15N3O2. The molecule has 0 saturated heterocycles. The van der Waals surface area contributed by atoms with Crippen LogP contribution in [0.25, 0.3) is 0 Å². The molecule has 0 amide bonds. The van der Waals surface area contributed by atoms with Gasteiger partial charge in [0.25, 0.3) is 0 Å². The lowest BCUT2D eigenvalue weighted by atomic mass is 10.0. The average Bonchev–Trinajstić information content (AvgIpc) is 2.43. The Morgan fingerprint density at radius 3 is 2.67 bits per heavy atom. The van der Waals surface area contributed by atoms with Crippen molar-refractivity contribution in [2.24, 2.45) is 0 Å². The van der Waals surface area contributed by atoms with Crippen LogP contribution in [-0.4, -0.2) is 27.4 Å². The highest BCUT2D eigenvalue weighted by atomic mass is 16.5. The Morgan fingerprint density at radius 1 is 1.33 bits per heavy atom. The molecule has 5 heteroatoms. The predicted molar refractivity (Wildman–Crippen MR) is 65.9 cm³/mol. The number of methoxy groups -OCH3 is 2. The molecule has 1 N–H and O–H groups in total. The number of nitrogens with one attached hydrogen (secondary N) is 1. The molecule has 0 fully saturated rings. The van der Waals surface area contributed by atoms with Crippen molar-refractivity contribution in [2.75, 3.05) is 27.4 Å². The Balaban J connectivity index is 2.88. The molecule has 5 nitrogen and oxygen atoms in total. The zero-order chi connectivity index (χ0) is 13.4. The Bertz CT molecular complexity index is 474. The van der Waals surface area contributed by atoms with E-state index in [0.717, 1.165) is 5.56 Å². The minimum absolute atomic E-state index is 0.420. The van der Waals surface area contributed by atoms with Gasteiger partial charge >= 0.3 is 0 Å². The second-order valence-corrected chi connectivity index (χ2v) is 3.58. The van der Waals surface area contributed by atoms with Gasteiger partial charge in [-0.1, -0.05) is 6.07 Å². The molecule has 1 atom stereocenters. The van der Waals surface area contributed by atoms with Crippen molar-refractivity contribution in [1.29, 1.82) is 10.5 Å². The Morgan fingerprint density at radius 2 is 2.11 bits per heavy atom. The van der Waals surface area contributed by atoms with Crippen LogP contribution < -0.4 is 10.1 Å². The number of hydrogen-bond acceptors (Lipinski definition) is 5. The van der Waals surface area contributed by atoms with E-state index in [-0.39, 0.29) is 0 Å². The summed E-state index contributed by atoms with van der Waals surface area (Å²) in [5.41, 5.74) is 1.16.